The van der Waals surface area contributed by atoms with Gasteiger partial charge in [0.15, 0.2) is 0 Å². The minimum Gasteiger partial charge on any atom is -0.333 e. The average molecular weight is 363 g/mol. The molecule has 0 N–H and O–H groups in total. The van der Waals surface area contributed by atoms with E-state index in [-0.39, 0.29) is 5.91 Å². The van der Waals surface area contributed by atoms with Gasteiger partial charge < -0.3 is 4.90 Å². The lowest BCUT2D eigenvalue weighted by molar-refractivity contribution is 0.0603. The van der Waals surface area contributed by atoms with Crippen LogP contribution >= 0.6 is 39.1 Å². The maximum atomic E-state index is 12.6. The third kappa shape index (κ3) is 2.53. The zero-order valence-corrected chi connectivity index (χ0v) is 13.4. The first kappa shape index (κ1) is 13.7. The largest absolute Gasteiger partial charge is 0.333 e. The van der Waals surface area contributed by atoms with Crippen molar-refractivity contribution in [3.8, 4) is 0 Å². The van der Waals surface area contributed by atoms with E-state index < -0.39 is 0 Å². The highest BCUT2D eigenvalue weighted by Gasteiger charge is 2.42. The highest BCUT2D eigenvalue weighted by molar-refractivity contribution is 9.09. The molecule has 0 aromatic heterocycles. The molecule has 0 spiro atoms. The van der Waals surface area contributed by atoms with E-state index in [0.717, 1.165) is 25.7 Å². The van der Waals surface area contributed by atoms with Gasteiger partial charge in [-0.15, -0.1) is 0 Å². The molecule has 2 unspecified atom stereocenters. The fraction of sp³-hybridized carbons (Fsp3) is 0.500. The lowest BCUT2D eigenvalue weighted by Crippen LogP contribution is -2.46. The van der Waals surface area contributed by atoms with Crippen molar-refractivity contribution in [2.24, 2.45) is 0 Å². The smallest absolute Gasteiger partial charge is 0.254 e. The molecule has 0 saturated carbocycles. The van der Waals surface area contributed by atoms with E-state index >= 15 is 0 Å². The van der Waals surface area contributed by atoms with Crippen molar-refractivity contribution in [1.29, 1.82) is 0 Å². The van der Waals surface area contributed by atoms with Crippen LogP contribution in [0.4, 0.5) is 0 Å². The van der Waals surface area contributed by atoms with Gasteiger partial charge in [-0.3, -0.25) is 4.79 Å². The molecule has 1 aromatic carbocycles. The summed E-state index contributed by atoms with van der Waals surface area (Å²) in [4.78, 5) is 15.2. The van der Waals surface area contributed by atoms with Gasteiger partial charge in [0.1, 0.15) is 0 Å². The van der Waals surface area contributed by atoms with Crippen molar-refractivity contribution < 1.29 is 4.79 Å². The van der Waals surface area contributed by atoms with Gasteiger partial charge in [0.2, 0.25) is 0 Å². The van der Waals surface area contributed by atoms with E-state index in [4.69, 9.17) is 23.2 Å². The van der Waals surface area contributed by atoms with Crippen LogP contribution in [0.5, 0.6) is 0 Å². The van der Waals surface area contributed by atoms with Crippen LogP contribution in [-0.2, 0) is 0 Å². The molecule has 2 aliphatic heterocycles. The lowest BCUT2D eigenvalue weighted by Gasteiger charge is -2.37. The molecule has 0 aliphatic carbocycles. The molecule has 1 amide bonds. The van der Waals surface area contributed by atoms with Crippen LogP contribution in [0.15, 0.2) is 18.2 Å². The number of halogens is 3. The number of hydrogen-bond donors (Lipinski definition) is 0. The molecule has 3 rings (SSSR count). The molecule has 2 bridgehead atoms. The van der Waals surface area contributed by atoms with Crippen LogP contribution in [0.2, 0.25) is 10.0 Å². The summed E-state index contributed by atoms with van der Waals surface area (Å²) >= 11 is 15.6. The SMILES string of the molecule is O=C(c1ccc(Cl)c(Cl)c1)N1C2CCC1CC(Br)C2. The van der Waals surface area contributed by atoms with Gasteiger partial charge in [-0.2, -0.15) is 0 Å². The number of piperidine rings is 1. The summed E-state index contributed by atoms with van der Waals surface area (Å²) < 4.78 is 0. The van der Waals surface area contributed by atoms with Crippen LogP contribution in [0, 0.1) is 0 Å². The summed E-state index contributed by atoms with van der Waals surface area (Å²) in [7, 11) is 0. The van der Waals surface area contributed by atoms with Crippen molar-refractivity contribution in [2.45, 2.75) is 42.6 Å². The molecule has 2 atom stereocenters. The second-order valence-electron chi connectivity index (χ2n) is 5.29. The first-order valence-electron chi connectivity index (χ1n) is 6.48. The summed E-state index contributed by atoms with van der Waals surface area (Å²) in [6.45, 7) is 0. The molecule has 1 aromatic rings. The van der Waals surface area contributed by atoms with Gasteiger partial charge in [0, 0.05) is 22.5 Å². The number of rotatable bonds is 1. The van der Waals surface area contributed by atoms with Gasteiger partial charge in [0.25, 0.3) is 5.91 Å². The highest BCUT2D eigenvalue weighted by Crippen LogP contribution is 2.39. The zero-order chi connectivity index (χ0) is 13.6. The number of alkyl halides is 1. The number of nitrogens with zero attached hydrogens (tertiary/aromatic N) is 1. The first-order chi connectivity index (χ1) is 9.06. The maximum absolute atomic E-state index is 12.6. The Morgan fingerprint density at radius 3 is 2.37 bits per heavy atom. The second kappa shape index (κ2) is 5.27. The minimum atomic E-state index is 0.0884. The zero-order valence-electron chi connectivity index (χ0n) is 10.3. The highest BCUT2D eigenvalue weighted by atomic mass is 79.9. The summed E-state index contributed by atoms with van der Waals surface area (Å²) in [5.41, 5.74) is 0.638. The van der Waals surface area contributed by atoms with Gasteiger partial charge in [-0.05, 0) is 43.9 Å². The normalized spacial score (nSPS) is 29.6. The van der Waals surface area contributed by atoms with Crippen molar-refractivity contribution in [3.05, 3.63) is 33.8 Å². The minimum absolute atomic E-state index is 0.0884. The molecule has 19 heavy (non-hydrogen) atoms. The van der Waals surface area contributed by atoms with Crippen LogP contribution in [0.25, 0.3) is 0 Å². The van der Waals surface area contributed by atoms with Crippen LogP contribution in [-0.4, -0.2) is 27.7 Å². The van der Waals surface area contributed by atoms with E-state index in [0.29, 0.717) is 32.5 Å². The maximum Gasteiger partial charge on any atom is 0.254 e. The molecule has 2 nitrogen and oxygen atoms in total. The van der Waals surface area contributed by atoms with E-state index in [9.17, 15) is 4.79 Å². The van der Waals surface area contributed by atoms with Gasteiger partial charge in [0.05, 0.1) is 10.0 Å². The average Bonchev–Trinajstić information content (AvgIpc) is 2.64. The van der Waals surface area contributed by atoms with Crippen molar-refractivity contribution in [3.63, 3.8) is 0 Å². The number of fused-ring (bicyclic) bond motifs is 2. The summed E-state index contributed by atoms with van der Waals surface area (Å²) in [6, 6.07) is 5.85. The number of carbonyl (C=O) groups is 1. The molecule has 2 saturated heterocycles. The van der Waals surface area contributed by atoms with Gasteiger partial charge >= 0.3 is 0 Å². The number of hydrogen-bond acceptors (Lipinski definition) is 1. The molecular weight excluding hydrogens is 349 g/mol. The third-order valence-electron chi connectivity index (χ3n) is 4.08. The molecule has 5 heteroatoms. The number of carbonyl (C=O) groups excluding carboxylic acids is 1. The molecule has 2 heterocycles. The van der Waals surface area contributed by atoms with E-state index in [1.807, 2.05) is 0 Å². The second-order valence-corrected chi connectivity index (χ2v) is 7.40. The Kier molecular flexibility index (Phi) is 3.80. The molecule has 102 valence electrons. The summed E-state index contributed by atoms with van der Waals surface area (Å²) in [6.07, 6.45) is 4.31. The Bertz CT molecular complexity index is 508. The van der Waals surface area contributed by atoms with Crippen molar-refractivity contribution in [1.82, 2.24) is 4.90 Å². The third-order valence-corrected chi connectivity index (χ3v) is 5.56. The van der Waals surface area contributed by atoms with E-state index in [1.54, 1.807) is 18.2 Å². The Balaban J connectivity index is 1.86. The summed E-state index contributed by atoms with van der Waals surface area (Å²) in [5.74, 6) is 0.0884. The fourth-order valence-corrected chi connectivity index (χ4v) is 4.38. The predicted octanol–water partition coefficient (Wildman–Crippen LogP) is 4.52. The predicted molar refractivity (Wildman–Crippen MR) is 81.4 cm³/mol. The Hall–Kier alpha value is -0.250. The monoisotopic (exact) mass is 361 g/mol. The Labute approximate surface area is 131 Å². The quantitative estimate of drug-likeness (QED) is 0.672. The van der Waals surface area contributed by atoms with Crippen molar-refractivity contribution in [2.75, 3.05) is 0 Å². The first-order valence-corrected chi connectivity index (χ1v) is 8.15. The fourth-order valence-electron chi connectivity index (χ4n) is 3.22. The van der Waals surface area contributed by atoms with Crippen LogP contribution in [0.1, 0.15) is 36.0 Å². The standard InChI is InChI=1S/C14H14BrCl2NO/c15-9-6-10-2-3-11(7-9)18(10)14(19)8-1-4-12(16)13(17)5-8/h1,4-5,9-11H,2-3,6-7H2. The number of amides is 1. The topological polar surface area (TPSA) is 20.3 Å². The van der Waals surface area contributed by atoms with E-state index in [1.165, 1.54) is 0 Å². The lowest BCUT2D eigenvalue weighted by atomic mass is 10.0. The van der Waals surface area contributed by atoms with Crippen LogP contribution < -0.4 is 0 Å². The van der Waals surface area contributed by atoms with Gasteiger partial charge in [-0.1, -0.05) is 39.1 Å². The molecular formula is C14H14BrCl2NO. The van der Waals surface area contributed by atoms with Gasteiger partial charge in [-0.25, -0.2) is 0 Å². The molecule has 0 radical (unpaired) electrons. The summed E-state index contributed by atoms with van der Waals surface area (Å²) in [5, 5.41) is 0.926. The van der Waals surface area contributed by atoms with Crippen LogP contribution in [0.3, 0.4) is 0 Å². The van der Waals surface area contributed by atoms with Crippen molar-refractivity contribution >= 4 is 45.0 Å². The number of benzene rings is 1. The Morgan fingerprint density at radius 2 is 1.79 bits per heavy atom. The Morgan fingerprint density at radius 1 is 1.16 bits per heavy atom. The molecule has 2 fully saturated rings. The van der Waals surface area contributed by atoms with E-state index in [2.05, 4.69) is 20.8 Å². The molecule has 2 aliphatic rings.